The molecule has 7 heteroatoms. The van der Waals surface area contributed by atoms with E-state index in [2.05, 4.69) is 35.1 Å². The maximum absolute atomic E-state index is 4.23. The van der Waals surface area contributed by atoms with E-state index in [0.29, 0.717) is 23.3 Å². The van der Waals surface area contributed by atoms with Crippen molar-refractivity contribution in [3.63, 3.8) is 0 Å². The molecular formula is C10H7N7. The summed E-state index contributed by atoms with van der Waals surface area (Å²) in [4.78, 5) is 20.5. The Kier molecular flexibility index (Phi) is 2.27. The molecule has 0 aromatic carbocycles. The van der Waals surface area contributed by atoms with Gasteiger partial charge in [-0.1, -0.05) is 0 Å². The Balaban J connectivity index is 1.99. The molecule has 0 spiro atoms. The van der Waals surface area contributed by atoms with Gasteiger partial charge in [-0.3, -0.25) is 5.10 Å². The van der Waals surface area contributed by atoms with E-state index in [0.717, 1.165) is 0 Å². The lowest BCUT2D eigenvalue weighted by molar-refractivity contribution is 1.05. The predicted molar refractivity (Wildman–Crippen MR) is 58.4 cm³/mol. The molecule has 3 rings (SSSR count). The fraction of sp³-hybridized carbons (Fsp3) is 0. The molecule has 7 nitrogen and oxygen atoms in total. The molecule has 0 bridgehead atoms. The molecule has 3 heterocycles. The SMILES string of the molecule is c1cnc(-c2n[nH]c(-c3ncccn3)n2)nc1. The van der Waals surface area contributed by atoms with Gasteiger partial charge in [-0.15, -0.1) is 5.10 Å². The van der Waals surface area contributed by atoms with Gasteiger partial charge in [0, 0.05) is 24.8 Å². The van der Waals surface area contributed by atoms with Gasteiger partial charge in [0.25, 0.3) is 0 Å². The van der Waals surface area contributed by atoms with Gasteiger partial charge in [0.2, 0.25) is 5.82 Å². The predicted octanol–water partition coefficient (Wildman–Crippen LogP) is 0.719. The molecule has 17 heavy (non-hydrogen) atoms. The number of aromatic nitrogens is 7. The third-order valence-corrected chi connectivity index (χ3v) is 2.03. The standard InChI is InChI=1S/C10H7N7/c1-3-11-7(12-4-1)9-15-10(17-16-9)8-13-5-2-6-14-8/h1-6H,(H,15,16,17). The lowest BCUT2D eigenvalue weighted by Gasteiger charge is -1.91. The van der Waals surface area contributed by atoms with Crippen LogP contribution in [0.15, 0.2) is 36.9 Å². The van der Waals surface area contributed by atoms with Gasteiger partial charge in [0.1, 0.15) is 0 Å². The maximum Gasteiger partial charge on any atom is 0.219 e. The first kappa shape index (κ1) is 9.52. The molecule has 0 saturated carbocycles. The van der Waals surface area contributed by atoms with Gasteiger partial charge >= 0.3 is 0 Å². The van der Waals surface area contributed by atoms with E-state index in [1.54, 1.807) is 36.9 Å². The van der Waals surface area contributed by atoms with E-state index in [9.17, 15) is 0 Å². The van der Waals surface area contributed by atoms with Crippen molar-refractivity contribution in [2.24, 2.45) is 0 Å². The second-order valence-electron chi connectivity index (χ2n) is 3.15. The topological polar surface area (TPSA) is 93.1 Å². The molecule has 3 aromatic rings. The first-order valence-electron chi connectivity index (χ1n) is 4.90. The van der Waals surface area contributed by atoms with Crippen LogP contribution in [0.25, 0.3) is 23.3 Å². The van der Waals surface area contributed by atoms with E-state index in [1.165, 1.54) is 0 Å². The fourth-order valence-electron chi connectivity index (χ4n) is 1.30. The monoisotopic (exact) mass is 225 g/mol. The van der Waals surface area contributed by atoms with Crippen molar-refractivity contribution in [3.8, 4) is 23.3 Å². The Hall–Kier alpha value is -2.70. The van der Waals surface area contributed by atoms with Crippen molar-refractivity contribution in [2.45, 2.75) is 0 Å². The minimum absolute atomic E-state index is 0.424. The van der Waals surface area contributed by atoms with Gasteiger partial charge in [-0.05, 0) is 12.1 Å². The molecule has 0 fully saturated rings. The molecule has 0 aliphatic heterocycles. The number of nitrogens with zero attached hydrogens (tertiary/aromatic N) is 6. The average Bonchev–Trinajstić information content (AvgIpc) is 2.90. The van der Waals surface area contributed by atoms with Gasteiger partial charge < -0.3 is 0 Å². The molecule has 0 amide bonds. The Morgan fingerprint density at radius 2 is 1.29 bits per heavy atom. The summed E-state index contributed by atoms with van der Waals surface area (Å²) in [6.07, 6.45) is 6.56. The van der Waals surface area contributed by atoms with E-state index in [4.69, 9.17) is 0 Å². The molecule has 3 aromatic heterocycles. The minimum atomic E-state index is 0.424. The van der Waals surface area contributed by atoms with E-state index < -0.39 is 0 Å². The summed E-state index contributed by atoms with van der Waals surface area (Å²) in [7, 11) is 0. The van der Waals surface area contributed by atoms with Crippen molar-refractivity contribution >= 4 is 0 Å². The first-order valence-corrected chi connectivity index (χ1v) is 4.90. The number of hydrogen-bond donors (Lipinski definition) is 1. The zero-order valence-electron chi connectivity index (χ0n) is 8.65. The molecule has 1 N–H and O–H groups in total. The second kappa shape index (κ2) is 4.05. The Morgan fingerprint density at radius 3 is 1.94 bits per heavy atom. The van der Waals surface area contributed by atoms with Crippen molar-refractivity contribution in [2.75, 3.05) is 0 Å². The van der Waals surface area contributed by atoms with Crippen molar-refractivity contribution in [3.05, 3.63) is 36.9 Å². The molecule has 0 aliphatic rings. The van der Waals surface area contributed by atoms with Crippen LogP contribution in [-0.2, 0) is 0 Å². The van der Waals surface area contributed by atoms with Crippen molar-refractivity contribution in [1.82, 2.24) is 35.1 Å². The quantitative estimate of drug-likeness (QED) is 0.690. The molecule has 0 saturated heterocycles. The van der Waals surface area contributed by atoms with Crippen molar-refractivity contribution in [1.29, 1.82) is 0 Å². The van der Waals surface area contributed by atoms with E-state index in [-0.39, 0.29) is 0 Å². The zero-order valence-corrected chi connectivity index (χ0v) is 8.65. The van der Waals surface area contributed by atoms with Gasteiger partial charge in [-0.2, -0.15) is 0 Å². The Morgan fingerprint density at radius 1 is 0.706 bits per heavy atom. The summed E-state index contributed by atoms with van der Waals surface area (Å²) in [6.45, 7) is 0. The molecule has 0 aliphatic carbocycles. The smallest absolute Gasteiger partial charge is 0.219 e. The van der Waals surface area contributed by atoms with Crippen molar-refractivity contribution < 1.29 is 0 Å². The normalized spacial score (nSPS) is 10.4. The highest BCUT2D eigenvalue weighted by Crippen LogP contribution is 2.12. The third-order valence-electron chi connectivity index (χ3n) is 2.03. The lowest BCUT2D eigenvalue weighted by atomic mass is 10.5. The second-order valence-corrected chi connectivity index (χ2v) is 3.15. The lowest BCUT2D eigenvalue weighted by Crippen LogP contribution is -1.90. The molecular weight excluding hydrogens is 218 g/mol. The highest BCUT2D eigenvalue weighted by atomic mass is 15.2. The van der Waals surface area contributed by atoms with Crippen LogP contribution in [0.4, 0.5) is 0 Å². The summed E-state index contributed by atoms with van der Waals surface area (Å²) < 4.78 is 0. The summed E-state index contributed by atoms with van der Waals surface area (Å²) in [6, 6.07) is 3.47. The average molecular weight is 225 g/mol. The third kappa shape index (κ3) is 1.85. The van der Waals surface area contributed by atoms with E-state index >= 15 is 0 Å². The summed E-state index contributed by atoms with van der Waals surface area (Å²) in [5.74, 6) is 1.87. The minimum Gasteiger partial charge on any atom is -0.256 e. The molecule has 0 unspecified atom stereocenters. The summed E-state index contributed by atoms with van der Waals surface area (Å²) >= 11 is 0. The molecule has 0 radical (unpaired) electrons. The Labute approximate surface area is 96.0 Å². The van der Waals surface area contributed by atoms with Gasteiger partial charge in [0.05, 0.1) is 0 Å². The number of H-pyrrole nitrogens is 1. The number of rotatable bonds is 2. The van der Waals surface area contributed by atoms with Gasteiger partial charge in [-0.25, -0.2) is 24.9 Å². The van der Waals surface area contributed by atoms with Crippen LogP contribution in [0.2, 0.25) is 0 Å². The Bertz CT molecular complexity index is 551. The first-order chi connectivity index (χ1) is 8.43. The number of nitrogens with one attached hydrogen (secondary N) is 1. The fourth-order valence-corrected chi connectivity index (χ4v) is 1.30. The van der Waals surface area contributed by atoms with Gasteiger partial charge in [0.15, 0.2) is 17.5 Å². The molecule has 82 valence electrons. The highest BCUT2D eigenvalue weighted by molar-refractivity contribution is 5.49. The maximum atomic E-state index is 4.23. The van der Waals surface area contributed by atoms with Crippen LogP contribution in [0.5, 0.6) is 0 Å². The van der Waals surface area contributed by atoms with Crippen LogP contribution in [0, 0.1) is 0 Å². The van der Waals surface area contributed by atoms with Crippen LogP contribution in [0.3, 0.4) is 0 Å². The highest BCUT2D eigenvalue weighted by Gasteiger charge is 2.10. The van der Waals surface area contributed by atoms with E-state index in [1.807, 2.05) is 0 Å². The van der Waals surface area contributed by atoms with Crippen LogP contribution >= 0.6 is 0 Å². The molecule has 0 atom stereocenters. The van der Waals surface area contributed by atoms with Crippen LogP contribution < -0.4 is 0 Å². The van der Waals surface area contributed by atoms with Crippen LogP contribution in [-0.4, -0.2) is 35.1 Å². The summed E-state index contributed by atoms with van der Waals surface area (Å²) in [5.41, 5.74) is 0. The largest absolute Gasteiger partial charge is 0.256 e. The number of aromatic amines is 1. The summed E-state index contributed by atoms with van der Waals surface area (Å²) in [5, 5.41) is 6.78. The zero-order chi connectivity index (χ0) is 11.5. The number of hydrogen-bond acceptors (Lipinski definition) is 6. The van der Waals surface area contributed by atoms with Crippen LogP contribution in [0.1, 0.15) is 0 Å².